The van der Waals surface area contributed by atoms with Crippen molar-refractivity contribution in [3.05, 3.63) is 65.7 Å². The van der Waals surface area contributed by atoms with Crippen molar-refractivity contribution in [1.29, 1.82) is 0 Å². The van der Waals surface area contributed by atoms with Crippen LogP contribution in [0.2, 0.25) is 0 Å². The van der Waals surface area contributed by atoms with E-state index in [0.29, 0.717) is 11.1 Å². The molecule has 2 atom stereocenters. The van der Waals surface area contributed by atoms with E-state index in [9.17, 15) is 15.3 Å². The third-order valence-electron chi connectivity index (χ3n) is 2.73. The highest BCUT2D eigenvalue weighted by Crippen LogP contribution is 2.18. The first-order valence-electron chi connectivity index (χ1n) is 5.91. The zero-order valence-corrected chi connectivity index (χ0v) is 10.2. The van der Waals surface area contributed by atoms with E-state index in [4.69, 9.17) is 0 Å². The lowest BCUT2D eigenvalue weighted by Gasteiger charge is -2.14. The Balaban J connectivity index is 2.09. The van der Waals surface area contributed by atoms with Crippen LogP contribution in [0.5, 0.6) is 5.75 Å². The van der Waals surface area contributed by atoms with Gasteiger partial charge in [0.2, 0.25) is 0 Å². The number of hydrogen-bond donors (Lipinski definition) is 3. The molecule has 0 saturated heterocycles. The Kier molecular flexibility index (Phi) is 4.28. The zero-order chi connectivity index (χ0) is 13.7. The third kappa shape index (κ3) is 3.40. The lowest BCUT2D eigenvalue weighted by atomic mass is 10.1. The Morgan fingerprint density at radius 2 is 1.53 bits per heavy atom. The summed E-state index contributed by atoms with van der Waals surface area (Å²) in [6, 6.07) is 15.4. The highest BCUT2D eigenvalue weighted by atomic mass is 16.3. The summed E-state index contributed by atoms with van der Waals surface area (Å²) in [6.45, 7) is 0. The molecule has 0 aliphatic carbocycles. The van der Waals surface area contributed by atoms with Crippen LogP contribution in [0, 0.1) is 0 Å². The first kappa shape index (κ1) is 13.3. The van der Waals surface area contributed by atoms with Crippen molar-refractivity contribution >= 4 is 6.21 Å². The van der Waals surface area contributed by atoms with Crippen molar-refractivity contribution in [3.8, 4) is 5.75 Å². The van der Waals surface area contributed by atoms with Crippen molar-refractivity contribution in [1.82, 2.24) is 0 Å². The summed E-state index contributed by atoms with van der Waals surface area (Å²) >= 11 is 0. The Morgan fingerprint density at radius 1 is 0.895 bits per heavy atom. The molecule has 2 aromatic carbocycles. The van der Waals surface area contributed by atoms with Crippen LogP contribution < -0.4 is 0 Å². The van der Waals surface area contributed by atoms with Crippen LogP contribution in [0.25, 0.3) is 0 Å². The normalized spacial score (nSPS) is 14.4. The number of phenolic OH excluding ortho intramolecular Hbond substituents is 1. The van der Waals surface area contributed by atoms with E-state index in [1.807, 2.05) is 6.07 Å². The monoisotopic (exact) mass is 257 g/mol. The molecule has 19 heavy (non-hydrogen) atoms. The van der Waals surface area contributed by atoms with Crippen LogP contribution in [0.15, 0.2) is 59.6 Å². The molecule has 98 valence electrons. The second-order valence-corrected chi connectivity index (χ2v) is 4.11. The van der Waals surface area contributed by atoms with Crippen molar-refractivity contribution in [2.75, 3.05) is 0 Å². The number of para-hydroxylation sites is 1. The maximum Gasteiger partial charge on any atom is 0.175 e. The molecule has 4 nitrogen and oxygen atoms in total. The minimum atomic E-state index is -1.28. The maximum atomic E-state index is 9.91. The molecule has 0 unspecified atom stereocenters. The molecule has 2 rings (SSSR count). The second kappa shape index (κ2) is 6.13. The highest BCUT2D eigenvalue weighted by molar-refractivity contribution is 5.83. The predicted octanol–water partition coefficient (Wildman–Crippen LogP) is 1.86. The molecule has 0 radical (unpaired) electrons. The summed E-state index contributed by atoms with van der Waals surface area (Å²) < 4.78 is 0. The van der Waals surface area contributed by atoms with Gasteiger partial charge in [-0.1, -0.05) is 42.5 Å². The van der Waals surface area contributed by atoms with Gasteiger partial charge < -0.3 is 15.3 Å². The number of nitrogens with zero attached hydrogens (tertiary/aromatic N) is 1. The van der Waals surface area contributed by atoms with Crippen LogP contribution in [-0.2, 0) is 0 Å². The Morgan fingerprint density at radius 3 is 2.21 bits per heavy atom. The van der Waals surface area contributed by atoms with Crippen LogP contribution in [0.4, 0.5) is 0 Å². The van der Waals surface area contributed by atoms with Gasteiger partial charge in [-0.05, 0) is 17.7 Å². The van der Waals surface area contributed by atoms with Crippen LogP contribution in [-0.4, -0.2) is 27.8 Å². The van der Waals surface area contributed by atoms with E-state index in [1.165, 1.54) is 12.3 Å². The van der Waals surface area contributed by atoms with Crippen molar-refractivity contribution < 1.29 is 15.3 Å². The molecule has 0 heterocycles. The van der Waals surface area contributed by atoms with E-state index < -0.39 is 12.3 Å². The largest absolute Gasteiger partial charge is 0.507 e. The van der Waals surface area contributed by atoms with Gasteiger partial charge in [0, 0.05) is 11.8 Å². The quantitative estimate of drug-likeness (QED) is 0.732. The first-order valence-corrected chi connectivity index (χ1v) is 5.91. The number of phenols is 1. The van der Waals surface area contributed by atoms with Gasteiger partial charge in [-0.15, -0.1) is 0 Å². The second-order valence-electron chi connectivity index (χ2n) is 4.11. The lowest BCUT2D eigenvalue weighted by molar-refractivity contribution is 0.0248. The van der Waals surface area contributed by atoms with Crippen molar-refractivity contribution in [2.45, 2.75) is 12.3 Å². The zero-order valence-electron chi connectivity index (χ0n) is 10.2. The molecule has 0 saturated carbocycles. The number of rotatable bonds is 4. The standard InChI is InChI=1S/C15H15NO3/c17-13-9-5-4-8-12(13)10-16-15(19)14(18)11-6-2-1-3-7-11/h1-10,14-15,17-19H/b16-10+/t14-,15-/m0/s1. The predicted molar refractivity (Wildman–Crippen MR) is 73.1 cm³/mol. The van der Waals surface area contributed by atoms with Gasteiger partial charge in [0.15, 0.2) is 6.23 Å². The third-order valence-corrected chi connectivity index (χ3v) is 2.73. The molecule has 3 N–H and O–H groups in total. The molecule has 0 fully saturated rings. The van der Waals surface area contributed by atoms with Crippen molar-refractivity contribution in [2.24, 2.45) is 4.99 Å². The van der Waals surface area contributed by atoms with Gasteiger partial charge in [-0.25, -0.2) is 0 Å². The van der Waals surface area contributed by atoms with Gasteiger partial charge in [-0.2, -0.15) is 0 Å². The van der Waals surface area contributed by atoms with E-state index in [0.717, 1.165) is 0 Å². The Bertz CT molecular complexity index is 554. The van der Waals surface area contributed by atoms with Crippen LogP contribution in [0.1, 0.15) is 17.2 Å². The minimum Gasteiger partial charge on any atom is -0.507 e. The SMILES string of the molecule is Oc1ccccc1/C=N/[C@@H](O)[C@@H](O)c1ccccc1. The van der Waals surface area contributed by atoms with Gasteiger partial charge in [0.1, 0.15) is 11.9 Å². The summed E-state index contributed by atoms with van der Waals surface area (Å²) in [6.07, 6.45) is -1.03. The summed E-state index contributed by atoms with van der Waals surface area (Å²) in [4.78, 5) is 3.85. The van der Waals surface area contributed by atoms with Crippen LogP contribution in [0.3, 0.4) is 0 Å². The van der Waals surface area contributed by atoms with E-state index in [-0.39, 0.29) is 5.75 Å². The number of aromatic hydroxyl groups is 1. The van der Waals surface area contributed by atoms with Gasteiger partial charge in [-0.3, -0.25) is 4.99 Å². The van der Waals surface area contributed by atoms with Crippen molar-refractivity contribution in [3.63, 3.8) is 0 Å². The Hall–Kier alpha value is -2.17. The first-order chi connectivity index (χ1) is 9.18. The number of benzene rings is 2. The average molecular weight is 257 g/mol. The van der Waals surface area contributed by atoms with Crippen LogP contribution >= 0.6 is 0 Å². The average Bonchev–Trinajstić information content (AvgIpc) is 2.46. The molecular formula is C15H15NO3. The molecule has 2 aromatic rings. The topological polar surface area (TPSA) is 73.1 Å². The molecule has 0 aliphatic heterocycles. The van der Waals surface area contributed by atoms with Gasteiger partial charge in [0.25, 0.3) is 0 Å². The van der Waals surface area contributed by atoms with Gasteiger partial charge in [0.05, 0.1) is 0 Å². The van der Waals surface area contributed by atoms with E-state index in [2.05, 4.69) is 4.99 Å². The fourth-order valence-electron chi connectivity index (χ4n) is 1.66. The summed E-state index contributed by atoms with van der Waals surface area (Å²) in [5, 5.41) is 29.2. The molecule has 4 heteroatoms. The molecule has 0 aromatic heterocycles. The fourth-order valence-corrected chi connectivity index (χ4v) is 1.66. The summed E-state index contributed by atoms with van der Waals surface area (Å²) in [7, 11) is 0. The number of hydrogen-bond acceptors (Lipinski definition) is 4. The number of aliphatic hydroxyl groups is 2. The highest BCUT2D eigenvalue weighted by Gasteiger charge is 2.16. The summed E-state index contributed by atoms with van der Waals surface area (Å²) in [5.41, 5.74) is 1.08. The molecule has 0 aliphatic rings. The number of aliphatic imine (C=N–C) groups is 1. The van der Waals surface area contributed by atoms with E-state index in [1.54, 1.807) is 42.5 Å². The molecular weight excluding hydrogens is 242 g/mol. The number of aliphatic hydroxyl groups excluding tert-OH is 2. The smallest absolute Gasteiger partial charge is 0.175 e. The molecule has 0 spiro atoms. The maximum absolute atomic E-state index is 9.91. The fraction of sp³-hybridized carbons (Fsp3) is 0.133. The Labute approximate surface area is 111 Å². The van der Waals surface area contributed by atoms with E-state index >= 15 is 0 Å². The summed E-state index contributed by atoms with van der Waals surface area (Å²) in [5.74, 6) is 0.0765. The van der Waals surface area contributed by atoms with Gasteiger partial charge >= 0.3 is 0 Å². The minimum absolute atomic E-state index is 0.0765. The molecule has 0 bridgehead atoms. The molecule has 0 amide bonds. The lowest BCUT2D eigenvalue weighted by Crippen LogP contribution is -2.15.